The van der Waals surface area contributed by atoms with Gasteiger partial charge in [-0.05, 0) is 29.3 Å². The smallest absolute Gasteiger partial charge is 0.229 e. The van der Waals surface area contributed by atoms with E-state index in [1.165, 1.54) is 6.26 Å². The number of carbonyl (C=O) groups is 1. The van der Waals surface area contributed by atoms with Gasteiger partial charge in [0.15, 0.2) is 5.76 Å². The largest absolute Gasteiger partial charge is 0.460 e. The third-order valence-corrected chi connectivity index (χ3v) is 4.07. The zero-order chi connectivity index (χ0) is 17.1. The maximum absolute atomic E-state index is 13.2. The van der Waals surface area contributed by atoms with Crippen LogP contribution in [0, 0.1) is 0 Å². The standard InChI is InChI=1S/C22H15NO2/c24-21(22-19(13-15-25-22)20-12-6-7-14-23-20)18-11-5-4-10-17(18)16-8-2-1-3-9-16/h1-15H. The van der Waals surface area contributed by atoms with Crippen molar-refractivity contribution in [1.82, 2.24) is 4.98 Å². The molecule has 4 aromatic rings. The van der Waals surface area contributed by atoms with Crippen molar-refractivity contribution < 1.29 is 9.21 Å². The molecule has 0 saturated heterocycles. The first kappa shape index (κ1) is 15.1. The Kier molecular flexibility index (Phi) is 3.97. The number of nitrogens with zero attached hydrogens (tertiary/aromatic N) is 1. The van der Waals surface area contributed by atoms with Crippen LogP contribution in [0.5, 0.6) is 0 Å². The third-order valence-electron chi connectivity index (χ3n) is 4.07. The van der Waals surface area contributed by atoms with Crippen molar-refractivity contribution in [3.63, 3.8) is 0 Å². The normalized spacial score (nSPS) is 10.6. The molecule has 0 saturated carbocycles. The fourth-order valence-electron chi connectivity index (χ4n) is 2.88. The maximum atomic E-state index is 13.2. The molecule has 0 aliphatic carbocycles. The lowest BCUT2D eigenvalue weighted by Gasteiger charge is -2.09. The van der Waals surface area contributed by atoms with E-state index in [2.05, 4.69) is 4.98 Å². The summed E-state index contributed by atoms with van der Waals surface area (Å²) in [4.78, 5) is 17.5. The van der Waals surface area contributed by atoms with Gasteiger partial charge in [-0.15, -0.1) is 0 Å². The highest BCUT2D eigenvalue weighted by molar-refractivity contribution is 6.14. The Morgan fingerprint density at radius 2 is 1.52 bits per heavy atom. The SMILES string of the molecule is O=C(c1ccccc1-c1ccccc1)c1occc1-c1ccccn1. The third kappa shape index (κ3) is 2.88. The number of hydrogen-bond donors (Lipinski definition) is 0. The first-order valence-electron chi connectivity index (χ1n) is 8.02. The van der Waals surface area contributed by atoms with Crippen molar-refractivity contribution >= 4 is 5.78 Å². The molecule has 0 aliphatic rings. The number of benzene rings is 2. The van der Waals surface area contributed by atoms with Crippen LogP contribution in [0.2, 0.25) is 0 Å². The van der Waals surface area contributed by atoms with E-state index in [4.69, 9.17) is 4.42 Å². The highest BCUT2D eigenvalue weighted by Crippen LogP contribution is 2.29. The Labute approximate surface area is 145 Å². The molecule has 0 amide bonds. The Morgan fingerprint density at radius 3 is 2.32 bits per heavy atom. The van der Waals surface area contributed by atoms with Gasteiger partial charge in [-0.25, -0.2) is 0 Å². The fraction of sp³-hybridized carbons (Fsp3) is 0. The molecule has 2 heterocycles. The maximum Gasteiger partial charge on any atom is 0.229 e. The Hall–Kier alpha value is -3.46. The zero-order valence-electron chi connectivity index (χ0n) is 13.4. The average molecular weight is 325 g/mol. The quantitative estimate of drug-likeness (QED) is 0.482. The Balaban J connectivity index is 1.81. The van der Waals surface area contributed by atoms with Gasteiger partial charge in [-0.2, -0.15) is 0 Å². The summed E-state index contributed by atoms with van der Waals surface area (Å²) in [6.45, 7) is 0. The van der Waals surface area contributed by atoms with Crippen molar-refractivity contribution in [3.8, 4) is 22.4 Å². The number of hydrogen-bond acceptors (Lipinski definition) is 3. The lowest BCUT2D eigenvalue weighted by molar-refractivity contribution is 0.101. The molecule has 3 heteroatoms. The first-order valence-corrected chi connectivity index (χ1v) is 8.02. The van der Waals surface area contributed by atoms with E-state index in [0.717, 1.165) is 16.8 Å². The van der Waals surface area contributed by atoms with Gasteiger partial charge in [0.05, 0.1) is 17.5 Å². The molecular weight excluding hydrogens is 310 g/mol. The number of pyridine rings is 1. The second-order valence-electron chi connectivity index (χ2n) is 5.62. The second kappa shape index (κ2) is 6.57. The van der Waals surface area contributed by atoms with E-state index in [1.807, 2.05) is 72.8 Å². The van der Waals surface area contributed by atoms with E-state index < -0.39 is 0 Å². The van der Waals surface area contributed by atoms with Crippen LogP contribution in [0.25, 0.3) is 22.4 Å². The van der Waals surface area contributed by atoms with Gasteiger partial charge in [0.2, 0.25) is 5.78 Å². The van der Waals surface area contributed by atoms with Crippen molar-refractivity contribution in [2.45, 2.75) is 0 Å². The molecule has 0 bridgehead atoms. The molecule has 120 valence electrons. The first-order chi connectivity index (χ1) is 12.3. The van der Waals surface area contributed by atoms with Gasteiger partial charge in [0, 0.05) is 11.8 Å². The van der Waals surface area contributed by atoms with E-state index in [9.17, 15) is 4.79 Å². The molecule has 0 radical (unpaired) electrons. The number of aromatic nitrogens is 1. The van der Waals surface area contributed by atoms with Gasteiger partial charge in [-0.1, -0.05) is 60.7 Å². The lowest BCUT2D eigenvalue weighted by atomic mass is 9.95. The van der Waals surface area contributed by atoms with Crippen LogP contribution in [-0.2, 0) is 0 Å². The summed E-state index contributed by atoms with van der Waals surface area (Å²) in [5.74, 6) is 0.159. The summed E-state index contributed by atoms with van der Waals surface area (Å²) >= 11 is 0. The van der Waals surface area contributed by atoms with Gasteiger partial charge >= 0.3 is 0 Å². The van der Waals surface area contributed by atoms with Crippen LogP contribution >= 0.6 is 0 Å². The van der Waals surface area contributed by atoms with Gasteiger partial charge in [0.25, 0.3) is 0 Å². The molecule has 2 aromatic carbocycles. The lowest BCUT2D eigenvalue weighted by Crippen LogP contribution is -2.04. The minimum absolute atomic E-state index is 0.148. The molecule has 0 aliphatic heterocycles. The van der Waals surface area contributed by atoms with Crippen molar-refractivity contribution in [1.29, 1.82) is 0 Å². The topological polar surface area (TPSA) is 43.1 Å². The molecule has 0 atom stereocenters. The van der Waals surface area contributed by atoms with Crippen LogP contribution in [0.4, 0.5) is 0 Å². The minimum atomic E-state index is -0.148. The summed E-state index contributed by atoms with van der Waals surface area (Å²) in [5, 5.41) is 0. The molecule has 4 rings (SSSR count). The van der Waals surface area contributed by atoms with E-state index in [1.54, 1.807) is 12.3 Å². The molecule has 25 heavy (non-hydrogen) atoms. The molecule has 2 aromatic heterocycles. The van der Waals surface area contributed by atoms with Gasteiger partial charge < -0.3 is 4.42 Å². The summed E-state index contributed by atoms with van der Waals surface area (Å²) in [5.41, 5.74) is 3.92. The van der Waals surface area contributed by atoms with Crippen LogP contribution in [-0.4, -0.2) is 10.8 Å². The Bertz CT molecular complexity index is 1000. The fourth-order valence-corrected chi connectivity index (χ4v) is 2.88. The summed E-state index contributed by atoms with van der Waals surface area (Å²) < 4.78 is 5.54. The summed E-state index contributed by atoms with van der Waals surface area (Å²) in [6.07, 6.45) is 3.23. The molecule has 0 fully saturated rings. The number of ketones is 1. The molecular formula is C22H15NO2. The predicted octanol–water partition coefficient (Wildman–Crippen LogP) is 5.24. The predicted molar refractivity (Wildman–Crippen MR) is 97.2 cm³/mol. The molecule has 3 nitrogen and oxygen atoms in total. The van der Waals surface area contributed by atoms with Crippen LogP contribution < -0.4 is 0 Å². The van der Waals surface area contributed by atoms with Gasteiger partial charge in [-0.3, -0.25) is 9.78 Å². The number of furan rings is 1. The Morgan fingerprint density at radius 1 is 0.760 bits per heavy atom. The van der Waals surface area contributed by atoms with Crippen LogP contribution in [0.3, 0.4) is 0 Å². The highest BCUT2D eigenvalue weighted by atomic mass is 16.3. The average Bonchev–Trinajstić information content (AvgIpc) is 3.19. The van der Waals surface area contributed by atoms with Crippen LogP contribution in [0.1, 0.15) is 16.1 Å². The van der Waals surface area contributed by atoms with Crippen molar-refractivity contribution in [3.05, 3.63) is 103 Å². The van der Waals surface area contributed by atoms with Crippen molar-refractivity contribution in [2.24, 2.45) is 0 Å². The summed E-state index contributed by atoms with van der Waals surface area (Å²) in [7, 11) is 0. The zero-order valence-corrected chi connectivity index (χ0v) is 13.4. The molecule has 0 spiro atoms. The van der Waals surface area contributed by atoms with E-state index in [0.29, 0.717) is 16.9 Å². The van der Waals surface area contributed by atoms with E-state index >= 15 is 0 Å². The second-order valence-corrected chi connectivity index (χ2v) is 5.62. The van der Waals surface area contributed by atoms with E-state index in [-0.39, 0.29) is 5.78 Å². The summed E-state index contributed by atoms with van der Waals surface area (Å²) in [6, 6.07) is 24.8. The van der Waals surface area contributed by atoms with Crippen LogP contribution in [0.15, 0.2) is 95.7 Å². The molecule has 0 unspecified atom stereocenters. The molecule has 0 N–H and O–H groups in total. The van der Waals surface area contributed by atoms with Crippen molar-refractivity contribution in [2.75, 3.05) is 0 Å². The van der Waals surface area contributed by atoms with Gasteiger partial charge in [0.1, 0.15) is 0 Å². The highest BCUT2D eigenvalue weighted by Gasteiger charge is 2.21. The number of rotatable bonds is 4. The minimum Gasteiger partial charge on any atom is -0.460 e. The number of carbonyl (C=O) groups excluding carboxylic acids is 1. The monoisotopic (exact) mass is 325 g/mol.